The van der Waals surface area contributed by atoms with Crippen LogP contribution in [0.1, 0.15) is 78.3 Å². The van der Waals surface area contributed by atoms with Crippen molar-refractivity contribution in [3.8, 4) is 0 Å². The lowest BCUT2D eigenvalue weighted by Crippen LogP contribution is -2.25. The van der Waals surface area contributed by atoms with Gasteiger partial charge in [0, 0.05) is 17.5 Å². The van der Waals surface area contributed by atoms with Crippen molar-refractivity contribution in [1.29, 1.82) is 0 Å². The van der Waals surface area contributed by atoms with Gasteiger partial charge in [-0.2, -0.15) is 0 Å². The van der Waals surface area contributed by atoms with E-state index in [1.165, 1.54) is 0 Å². The first-order valence-corrected chi connectivity index (χ1v) is 11.3. The van der Waals surface area contributed by atoms with Crippen LogP contribution < -0.4 is 11.3 Å². The second-order valence-corrected chi connectivity index (χ2v) is 8.06. The molecule has 0 spiro atoms. The third kappa shape index (κ3) is 5.25. The second kappa shape index (κ2) is 10.8. The number of H-pyrrole nitrogens is 1. The molecule has 0 saturated carbocycles. The van der Waals surface area contributed by atoms with Crippen LogP contribution in [0, 0.1) is 6.92 Å². The van der Waals surface area contributed by atoms with E-state index in [4.69, 9.17) is 5.73 Å². The van der Waals surface area contributed by atoms with Crippen molar-refractivity contribution in [2.75, 3.05) is 0 Å². The summed E-state index contributed by atoms with van der Waals surface area (Å²) in [6.07, 6.45) is 6.55. The van der Waals surface area contributed by atoms with E-state index in [-0.39, 0.29) is 11.6 Å². The number of aromatic nitrogens is 2. The van der Waals surface area contributed by atoms with Gasteiger partial charge < -0.3 is 5.73 Å². The van der Waals surface area contributed by atoms with Gasteiger partial charge in [-0.05, 0) is 49.1 Å². The molecule has 1 unspecified atom stereocenters. The molecule has 0 aliphatic heterocycles. The minimum absolute atomic E-state index is 0.0966. The third-order valence-electron chi connectivity index (χ3n) is 5.82. The van der Waals surface area contributed by atoms with Crippen LogP contribution in [-0.2, 0) is 6.42 Å². The normalized spacial score (nSPS) is 12.3. The molecule has 3 N–H and O–H groups in total. The predicted molar refractivity (Wildman–Crippen MR) is 130 cm³/mol. The molecule has 1 aromatic heterocycles. The highest BCUT2D eigenvalue weighted by Crippen LogP contribution is 2.24. The minimum Gasteiger partial charge on any atom is -0.366 e. The van der Waals surface area contributed by atoms with Crippen LogP contribution in [0.2, 0.25) is 0 Å². The number of primary amides is 1. The number of para-hydroxylation sites is 1. The van der Waals surface area contributed by atoms with E-state index >= 15 is 0 Å². The third-order valence-corrected chi connectivity index (χ3v) is 5.82. The Labute approximate surface area is 189 Å². The second-order valence-electron chi connectivity index (χ2n) is 8.06. The molecule has 0 fully saturated rings. The Bertz CT molecular complexity index is 1140. The highest BCUT2D eigenvalue weighted by Gasteiger charge is 2.20. The molecular formula is C26H32N4O2. The maximum Gasteiger partial charge on any atom is 0.276 e. The Balaban J connectivity index is 1.97. The van der Waals surface area contributed by atoms with Crippen molar-refractivity contribution in [3.63, 3.8) is 0 Å². The van der Waals surface area contributed by atoms with Gasteiger partial charge in [0.1, 0.15) is 0 Å². The van der Waals surface area contributed by atoms with Crippen LogP contribution in [0.25, 0.3) is 0 Å². The van der Waals surface area contributed by atoms with Gasteiger partial charge in [-0.15, -0.1) is 0 Å². The topological polar surface area (TPSA) is 93.2 Å². The summed E-state index contributed by atoms with van der Waals surface area (Å²) in [6, 6.07) is 15.0. The van der Waals surface area contributed by atoms with E-state index in [2.05, 4.69) is 30.0 Å². The summed E-state index contributed by atoms with van der Waals surface area (Å²) in [7, 11) is 0. The Morgan fingerprint density at radius 2 is 1.84 bits per heavy atom. The number of nitrogens with zero attached hydrogens (tertiary/aromatic N) is 2. The van der Waals surface area contributed by atoms with E-state index in [0.717, 1.165) is 54.6 Å². The lowest BCUT2D eigenvalue weighted by molar-refractivity contribution is 0.100. The van der Waals surface area contributed by atoms with Crippen LogP contribution in [0.3, 0.4) is 0 Å². The maximum absolute atomic E-state index is 13.4. The lowest BCUT2D eigenvalue weighted by atomic mass is 9.99. The molecule has 168 valence electrons. The molecule has 3 rings (SSSR count). The molecule has 3 aromatic rings. The van der Waals surface area contributed by atoms with Gasteiger partial charge in [0.05, 0.1) is 17.3 Å². The Hall–Kier alpha value is -3.41. The van der Waals surface area contributed by atoms with Crippen molar-refractivity contribution in [1.82, 2.24) is 9.78 Å². The average molecular weight is 433 g/mol. The molecule has 32 heavy (non-hydrogen) atoms. The van der Waals surface area contributed by atoms with Gasteiger partial charge >= 0.3 is 0 Å². The number of hydrogen-bond donors (Lipinski definition) is 2. The monoisotopic (exact) mass is 432 g/mol. The summed E-state index contributed by atoms with van der Waals surface area (Å²) < 4.78 is 1.69. The molecule has 2 aromatic carbocycles. The molecule has 1 heterocycles. The van der Waals surface area contributed by atoms with E-state index in [1.54, 1.807) is 23.0 Å². The number of aliphatic imine (C=N–C) groups is 1. The number of unbranched alkanes of at least 4 members (excludes halogenated alkanes) is 2. The van der Waals surface area contributed by atoms with E-state index in [0.29, 0.717) is 11.1 Å². The fraction of sp³-hybridized carbons (Fsp3) is 0.346. The number of carbonyl (C=O) groups excluding carboxylic acids is 1. The smallest absolute Gasteiger partial charge is 0.276 e. The summed E-state index contributed by atoms with van der Waals surface area (Å²) in [6.45, 7) is 6.14. The van der Waals surface area contributed by atoms with Crippen molar-refractivity contribution in [2.24, 2.45) is 10.7 Å². The molecule has 0 radical (unpaired) electrons. The zero-order valence-electron chi connectivity index (χ0n) is 19.1. The van der Waals surface area contributed by atoms with Crippen LogP contribution in [-0.4, -0.2) is 21.9 Å². The molecule has 6 heteroatoms. The van der Waals surface area contributed by atoms with Gasteiger partial charge in [0.15, 0.2) is 0 Å². The molecule has 0 bridgehead atoms. The van der Waals surface area contributed by atoms with Crippen molar-refractivity contribution in [2.45, 2.75) is 58.9 Å². The minimum atomic E-state index is -0.460. The zero-order valence-corrected chi connectivity index (χ0v) is 19.1. The first-order valence-electron chi connectivity index (χ1n) is 11.3. The first kappa shape index (κ1) is 23.3. The number of nitrogens with one attached hydrogen (secondary N) is 1. The van der Waals surface area contributed by atoms with Crippen LogP contribution in [0.15, 0.2) is 58.3 Å². The number of hydrogen-bond acceptors (Lipinski definition) is 3. The molecule has 1 atom stereocenters. The molecule has 0 aliphatic rings. The summed E-state index contributed by atoms with van der Waals surface area (Å²) >= 11 is 0. The maximum atomic E-state index is 13.4. The number of rotatable bonds is 10. The van der Waals surface area contributed by atoms with Crippen molar-refractivity contribution < 1.29 is 4.79 Å². The molecule has 0 aliphatic carbocycles. The summed E-state index contributed by atoms with van der Waals surface area (Å²) in [5.41, 5.74) is 10.1. The van der Waals surface area contributed by atoms with E-state index in [1.807, 2.05) is 37.3 Å². The molecule has 0 saturated heterocycles. The van der Waals surface area contributed by atoms with Gasteiger partial charge in [0.2, 0.25) is 5.91 Å². The van der Waals surface area contributed by atoms with Gasteiger partial charge in [0.25, 0.3) is 5.56 Å². The molecular weight excluding hydrogens is 400 g/mol. The standard InChI is InChI=1S/C26H32N4O2/c1-4-6-7-12-24(20-13-15-21(16-14-20)25(27)31)30-26(32)22(18(3)29-30)17-28-23-11-9-8-10-19(23)5-2/h8-11,13-17,24,29H,4-7,12H2,1-3H3,(H2,27,31). The zero-order chi connectivity index (χ0) is 23.1. The first-order chi connectivity index (χ1) is 15.5. The number of carbonyl (C=O) groups is 1. The average Bonchev–Trinajstić information content (AvgIpc) is 3.08. The molecule has 1 amide bonds. The SMILES string of the molecule is CCCCCC(c1ccc(C(N)=O)cc1)n1[nH]c(C)c(C=Nc2ccccc2CC)c1=O. The number of amides is 1. The Morgan fingerprint density at radius 1 is 1.12 bits per heavy atom. The number of aromatic amines is 1. The Morgan fingerprint density at radius 3 is 2.50 bits per heavy atom. The summed E-state index contributed by atoms with van der Waals surface area (Å²) in [5.74, 6) is -0.460. The Kier molecular flexibility index (Phi) is 7.82. The highest BCUT2D eigenvalue weighted by molar-refractivity contribution is 5.92. The van der Waals surface area contributed by atoms with Gasteiger partial charge in [-0.25, -0.2) is 4.68 Å². The van der Waals surface area contributed by atoms with Crippen LogP contribution in [0.4, 0.5) is 5.69 Å². The summed E-state index contributed by atoms with van der Waals surface area (Å²) in [4.78, 5) is 29.4. The lowest BCUT2D eigenvalue weighted by Gasteiger charge is -2.18. The van der Waals surface area contributed by atoms with Crippen molar-refractivity contribution in [3.05, 3.63) is 86.8 Å². The van der Waals surface area contributed by atoms with Crippen LogP contribution in [0.5, 0.6) is 0 Å². The highest BCUT2D eigenvalue weighted by atomic mass is 16.1. The largest absolute Gasteiger partial charge is 0.366 e. The van der Waals surface area contributed by atoms with E-state index < -0.39 is 5.91 Å². The number of nitrogens with two attached hydrogens (primary N) is 1. The van der Waals surface area contributed by atoms with E-state index in [9.17, 15) is 9.59 Å². The van der Waals surface area contributed by atoms with Crippen molar-refractivity contribution >= 4 is 17.8 Å². The van der Waals surface area contributed by atoms with Crippen LogP contribution >= 0.6 is 0 Å². The van der Waals surface area contributed by atoms with Gasteiger partial charge in [-0.1, -0.05) is 63.4 Å². The number of aryl methyl sites for hydroxylation is 2. The number of benzene rings is 2. The fourth-order valence-electron chi connectivity index (χ4n) is 3.93. The summed E-state index contributed by atoms with van der Waals surface area (Å²) in [5, 5.41) is 3.26. The van der Waals surface area contributed by atoms with Gasteiger partial charge in [-0.3, -0.25) is 19.7 Å². The fourth-order valence-corrected chi connectivity index (χ4v) is 3.93. The quantitative estimate of drug-likeness (QED) is 0.346. The molecule has 6 nitrogen and oxygen atoms in total. The predicted octanol–water partition coefficient (Wildman–Crippen LogP) is 5.07.